The number of nitrogens with one attached hydrogen (secondary N) is 2. The summed E-state index contributed by atoms with van der Waals surface area (Å²) in [7, 11) is -6.97. The van der Waals surface area contributed by atoms with Crippen LogP contribution in [-0.4, -0.2) is 36.2 Å². The van der Waals surface area contributed by atoms with Crippen LogP contribution in [0.15, 0.2) is 27.6 Å². The van der Waals surface area contributed by atoms with Crippen LogP contribution >= 0.6 is 15.9 Å². The van der Waals surface area contributed by atoms with Crippen molar-refractivity contribution in [2.75, 3.05) is 19.3 Å². The molecular weight excluding hydrogens is 356 g/mol. The maximum Gasteiger partial charge on any atom is 0.241 e. The number of halogens is 1. The molecular formula is C10H15BrN2O4S2. The molecule has 0 saturated carbocycles. The quantitative estimate of drug-likeness (QED) is 0.716. The minimum atomic E-state index is -3.66. The molecule has 0 aliphatic heterocycles. The third-order valence-corrected chi connectivity index (χ3v) is 5.32. The van der Waals surface area contributed by atoms with E-state index >= 15 is 0 Å². The second kappa shape index (κ2) is 6.31. The number of hydrogen-bond donors (Lipinski definition) is 2. The van der Waals surface area contributed by atoms with Gasteiger partial charge in [-0.1, -0.05) is 6.07 Å². The number of sulfonamides is 2. The van der Waals surface area contributed by atoms with E-state index in [1.807, 2.05) is 6.92 Å². The second-order valence-corrected chi connectivity index (χ2v) is 8.42. The van der Waals surface area contributed by atoms with Gasteiger partial charge in [-0.05, 0) is 40.5 Å². The summed E-state index contributed by atoms with van der Waals surface area (Å²) >= 11 is 3.19. The highest BCUT2D eigenvalue weighted by molar-refractivity contribution is 9.10. The summed E-state index contributed by atoms with van der Waals surface area (Å²) in [6, 6.07) is 4.88. The predicted molar refractivity (Wildman–Crippen MR) is 76.9 cm³/mol. The van der Waals surface area contributed by atoms with Gasteiger partial charge in [-0.3, -0.25) is 0 Å². The smallest absolute Gasteiger partial charge is 0.214 e. The van der Waals surface area contributed by atoms with Crippen molar-refractivity contribution >= 4 is 36.0 Å². The first-order valence-corrected chi connectivity index (χ1v) is 9.49. The van der Waals surface area contributed by atoms with Gasteiger partial charge in [0.1, 0.15) is 0 Å². The predicted octanol–water partition coefficient (Wildman–Crippen LogP) is 0.585. The lowest BCUT2D eigenvalue weighted by molar-refractivity contribution is 0.573. The molecule has 1 aromatic carbocycles. The van der Waals surface area contributed by atoms with Gasteiger partial charge in [0.15, 0.2) is 0 Å². The van der Waals surface area contributed by atoms with Crippen molar-refractivity contribution in [2.45, 2.75) is 11.8 Å². The Bertz CT molecular complexity index is 656. The molecule has 0 fully saturated rings. The van der Waals surface area contributed by atoms with Crippen molar-refractivity contribution in [3.63, 3.8) is 0 Å². The minimum absolute atomic E-state index is 0.00153. The van der Waals surface area contributed by atoms with E-state index in [0.29, 0.717) is 4.47 Å². The Morgan fingerprint density at radius 3 is 2.21 bits per heavy atom. The van der Waals surface area contributed by atoms with Crippen molar-refractivity contribution in [3.05, 3.63) is 28.2 Å². The number of benzene rings is 1. The molecule has 0 aromatic heterocycles. The summed E-state index contributed by atoms with van der Waals surface area (Å²) in [5.74, 6) is 0. The highest BCUT2D eigenvalue weighted by Gasteiger charge is 2.16. The Morgan fingerprint density at radius 2 is 1.68 bits per heavy atom. The number of hydrogen-bond acceptors (Lipinski definition) is 4. The molecule has 0 aliphatic carbocycles. The zero-order valence-corrected chi connectivity index (χ0v) is 13.7. The Balaban J connectivity index is 2.71. The molecule has 0 amide bonds. The van der Waals surface area contributed by atoms with Gasteiger partial charge in [-0.15, -0.1) is 0 Å². The topological polar surface area (TPSA) is 92.3 Å². The first-order chi connectivity index (χ1) is 8.62. The monoisotopic (exact) mass is 370 g/mol. The van der Waals surface area contributed by atoms with Crippen LogP contribution in [0.1, 0.15) is 5.56 Å². The van der Waals surface area contributed by atoms with E-state index < -0.39 is 20.0 Å². The van der Waals surface area contributed by atoms with Crippen LogP contribution in [0.2, 0.25) is 0 Å². The second-order valence-electron chi connectivity index (χ2n) is 4.00. The van der Waals surface area contributed by atoms with E-state index in [-0.39, 0.29) is 18.0 Å². The third kappa shape index (κ3) is 5.57. The van der Waals surface area contributed by atoms with Gasteiger partial charge in [-0.25, -0.2) is 26.3 Å². The van der Waals surface area contributed by atoms with Gasteiger partial charge in [0.25, 0.3) is 0 Å². The summed E-state index contributed by atoms with van der Waals surface area (Å²) in [6.07, 6.45) is 1.01. The van der Waals surface area contributed by atoms with E-state index in [1.54, 1.807) is 12.1 Å². The van der Waals surface area contributed by atoms with Crippen molar-refractivity contribution in [2.24, 2.45) is 0 Å². The molecule has 2 N–H and O–H groups in total. The van der Waals surface area contributed by atoms with Crippen LogP contribution in [0.3, 0.4) is 0 Å². The van der Waals surface area contributed by atoms with Crippen LogP contribution in [0.4, 0.5) is 0 Å². The van der Waals surface area contributed by atoms with Crippen molar-refractivity contribution < 1.29 is 16.8 Å². The molecule has 0 heterocycles. The molecule has 0 unspecified atom stereocenters. The lowest BCUT2D eigenvalue weighted by Crippen LogP contribution is -2.34. The van der Waals surface area contributed by atoms with E-state index in [0.717, 1.165) is 11.8 Å². The average Bonchev–Trinajstić information content (AvgIpc) is 2.22. The minimum Gasteiger partial charge on any atom is -0.214 e. The van der Waals surface area contributed by atoms with E-state index in [2.05, 4.69) is 25.4 Å². The molecule has 108 valence electrons. The van der Waals surface area contributed by atoms with Gasteiger partial charge < -0.3 is 0 Å². The molecule has 1 rings (SSSR count). The molecule has 19 heavy (non-hydrogen) atoms. The van der Waals surface area contributed by atoms with Gasteiger partial charge in [-0.2, -0.15) is 0 Å². The Labute approximate surface area is 121 Å². The fourth-order valence-corrected chi connectivity index (χ4v) is 4.02. The molecule has 0 aliphatic rings. The first kappa shape index (κ1) is 16.6. The Kier molecular flexibility index (Phi) is 5.51. The zero-order valence-electron chi connectivity index (χ0n) is 10.5. The summed E-state index contributed by atoms with van der Waals surface area (Å²) < 4.78 is 50.6. The van der Waals surface area contributed by atoms with Crippen LogP contribution < -0.4 is 9.44 Å². The van der Waals surface area contributed by atoms with Crippen LogP contribution in [0, 0.1) is 6.92 Å². The van der Waals surface area contributed by atoms with Gasteiger partial charge >= 0.3 is 0 Å². The lowest BCUT2D eigenvalue weighted by Gasteiger charge is -2.09. The van der Waals surface area contributed by atoms with E-state index in [9.17, 15) is 16.8 Å². The molecule has 0 atom stereocenters. The number of rotatable bonds is 6. The number of aryl methyl sites for hydroxylation is 1. The highest BCUT2D eigenvalue weighted by atomic mass is 79.9. The first-order valence-electron chi connectivity index (χ1n) is 5.32. The zero-order chi connectivity index (χ0) is 14.7. The summed E-state index contributed by atoms with van der Waals surface area (Å²) in [5, 5.41) is 0. The van der Waals surface area contributed by atoms with Crippen molar-refractivity contribution in [1.29, 1.82) is 0 Å². The van der Waals surface area contributed by atoms with Gasteiger partial charge in [0, 0.05) is 17.6 Å². The highest BCUT2D eigenvalue weighted by Crippen LogP contribution is 2.22. The normalized spacial score (nSPS) is 12.6. The molecule has 0 spiro atoms. The third-order valence-electron chi connectivity index (χ3n) is 2.16. The fourth-order valence-electron chi connectivity index (χ4n) is 1.32. The van der Waals surface area contributed by atoms with Crippen molar-refractivity contribution in [3.8, 4) is 0 Å². The van der Waals surface area contributed by atoms with Crippen LogP contribution in [0.5, 0.6) is 0 Å². The van der Waals surface area contributed by atoms with Crippen molar-refractivity contribution in [1.82, 2.24) is 9.44 Å². The van der Waals surface area contributed by atoms with Gasteiger partial charge in [0.05, 0.1) is 11.2 Å². The standard InChI is InChI=1S/C10H15BrN2O4S2/c1-8-3-4-10(9(11)7-8)19(16,17)13-6-5-12-18(2,14)15/h3-4,7,12-13H,5-6H2,1-2H3. The molecule has 1 aromatic rings. The average molecular weight is 371 g/mol. The Hall–Kier alpha value is -0.480. The maximum atomic E-state index is 12.0. The largest absolute Gasteiger partial charge is 0.241 e. The summed E-state index contributed by atoms with van der Waals surface area (Å²) in [5.41, 5.74) is 0.935. The van der Waals surface area contributed by atoms with E-state index in [1.165, 1.54) is 6.07 Å². The molecule has 6 nitrogen and oxygen atoms in total. The molecule has 0 radical (unpaired) electrons. The van der Waals surface area contributed by atoms with Crippen LogP contribution in [-0.2, 0) is 20.0 Å². The Morgan fingerprint density at radius 1 is 1.11 bits per heavy atom. The molecule has 0 saturated heterocycles. The summed E-state index contributed by atoms with van der Waals surface area (Å²) in [4.78, 5) is 0.123. The maximum absolute atomic E-state index is 12.0. The lowest BCUT2D eigenvalue weighted by atomic mass is 10.2. The van der Waals surface area contributed by atoms with Crippen LogP contribution in [0.25, 0.3) is 0 Å². The van der Waals surface area contributed by atoms with E-state index in [4.69, 9.17) is 0 Å². The van der Waals surface area contributed by atoms with Gasteiger partial charge in [0.2, 0.25) is 20.0 Å². The molecule has 0 bridgehead atoms. The fraction of sp³-hybridized carbons (Fsp3) is 0.400. The SMILES string of the molecule is Cc1ccc(S(=O)(=O)NCCNS(C)(=O)=O)c(Br)c1. The summed E-state index contributed by atoms with van der Waals surface area (Å²) in [6.45, 7) is 1.84. The molecule has 9 heteroatoms.